The molecule has 2 aromatic carbocycles. The van der Waals surface area contributed by atoms with Crippen molar-refractivity contribution in [3.63, 3.8) is 0 Å². The second kappa shape index (κ2) is 8.21. The fourth-order valence-electron chi connectivity index (χ4n) is 3.68. The molecule has 28 heavy (non-hydrogen) atoms. The topological polar surface area (TPSA) is 81.9 Å². The Balaban J connectivity index is 1.42. The van der Waals surface area contributed by atoms with Crippen molar-refractivity contribution in [2.24, 2.45) is 0 Å². The molecule has 3 aromatic rings. The van der Waals surface area contributed by atoms with Crippen LogP contribution in [0.2, 0.25) is 0 Å². The summed E-state index contributed by atoms with van der Waals surface area (Å²) in [5, 5.41) is 14.5. The molecule has 0 unspecified atom stereocenters. The van der Waals surface area contributed by atoms with E-state index in [-0.39, 0.29) is 5.91 Å². The number of rotatable bonds is 6. The van der Waals surface area contributed by atoms with E-state index < -0.39 is 5.54 Å². The van der Waals surface area contributed by atoms with Crippen LogP contribution in [0.4, 0.5) is 5.69 Å². The van der Waals surface area contributed by atoms with E-state index in [1.54, 1.807) is 4.68 Å². The fraction of sp³-hybridized carbons (Fsp3) is 0.333. The Bertz CT molecular complexity index is 888. The molecule has 7 heteroatoms. The third-order valence-corrected chi connectivity index (χ3v) is 5.25. The van der Waals surface area contributed by atoms with E-state index >= 15 is 0 Å². The van der Waals surface area contributed by atoms with Crippen LogP contribution in [-0.4, -0.2) is 26.1 Å². The molecule has 0 bridgehead atoms. The van der Waals surface area contributed by atoms with E-state index in [0.717, 1.165) is 49.1 Å². The van der Waals surface area contributed by atoms with Crippen LogP contribution in [0, 0.1) is 0 Å². The van der Waals surface area contributed by atoms with Crippen molar-refractivity contribution in [1.82, 2.24) is 20.2 Å². The minimum atomic E-state index is -0.718. The number of hydrogen-bond acceptors (Lipinski definition) is 5. The average Bonchev–Trinajstić information content (AvgIpc) is 3.30. The minimum Gasteiger partial charge on any atom is -0.489 e. The number of tetrazole rings is 1. The van der Waals surface area contributed by atoms with Gasteiger partial charge in [0.25, 0.3) is 5.91 Å². The van der Waals surface area contributed by atoms with Crippen molar-refractivity contribution in [3.8, 4) is 5.75 Å². The van der Waals surface area contributed by atoms with E-state index in [1.807, 2.05) is 54.6 Å². The van der Waals surface area contributed by atoms with Crippen molar-refractivity contribution >= 4 is 11.6 Å². The van der Waals surface area contributed by atoms with Crippen molar-refractivity contribution in [2.45, 2.75) is 44.2 Å². The van der Waals surface area contributed by atoms with Gasteiger partial charge in [-0.15, -0.1) is 5.10 Å². The number of ether oxygens (including phenoxy) is 1. The quantitative estimate of drug-likeness (QED) is 0.710. The van der Waals surface area contributed by atoms with Crippen LogP contribution < -0.4 is 10.1 Å². The number of benzene rings is 2. The summed E-state index contributed by atoms with van der Waals surface area (Å²) in [7, 11) is 0. The standard InChI is InChI=1S/C21H23N5O2/c27-20(21(13-5-2-6-14-21)26-16-22-24-25-26)23-18-9-11-19(12-10-18)28-15-17-7-3-1-4-8-17/h1,3-4,7-12,16H,2,5-6,13-15H2,(H,23,27). The number of carbonyl (C=O) groups is 1. The zero-order valence-corrected chi connectivity index (χ0v) is 15.6. The van der Waals surface area contributed by atoms with Gasteiger partial charge in [0.2, 0.25) is 0 Å². The van der Waals surface area contributed by atoms with Crippen molar-refractivity contribution in [2.75, 3.05) is 5.32 Å². The van der Waals surface area contributed by atoms with E-state index in [9.17, 15) is 4.79 Å². The number of anilines is 1. The van der Waals surface area contributed by atoms with Gasteiger partial charge in [0, 0.05) is 5.69 Å². The lowest BCUT2D eigenvalue weighted by Crippen LogP contribution is -2.47. The van der Waals surface area contributed by atoms with Crippen molar-refractivity contribution < 1.29 is 9.53 Å². The highest BCUT2D eigenvalue weighted by molar-refractivity contribution is 5.96. The van der Waals surface area contributed by atoms with Crippen molar-refractivity contribution in [3.05, 3.63) is 66.5 Å². The van der Waals surface area contributed by atoms with E-state index in [0.29, 0.717) is 6.61 Å². The lowest BCUT2D eigenvalue weighted by Gasteiger charge is -2.35. The summed E-state index contributed by atoms with van der Waals surface area (Å²) in [4.78, 5) is 13.1. The third kappa shape index (κ3) is 3.88. The first-order valence-corrected chi connectivity index (χ1v) is 9.58. The average molecular weight is 377 g/mol. The molecule has 0 atom stereocenters. The van der Waals surface area contributed by atoms with Gasteiger partial charge < -0.3 is 10.1 Å². The maximum absolute atomic E-state index is 13.1. The lowest BCUT2D eigenvalue weighted by atomic mass is 9.81. The lowest BCUT2D eigenvalue weighted by molar-refractivity contribution is -0.126. The molecule has 1 heterocycles. The molecule has 7 nitrogen and oxygen atoms in total. The molecule has 144 valence electrons. The molecule has 1 N–H and O–H groups in total. The van der Waals surface area contributed by atoms with Crippen LogP contribution in [0.5, 0.6) is 5.75 Å². The maximum atomic E-state index is 13.1. The van der Waals surface area contributed by atoms with Crippen LogP contribution >= 0.6 is 0 Å². The Labute approximate surface area is 163 Å². The Hall–Kier alpha value is -3.22. The van der Waals surface area contributed by atoms with Gasteiger partial charge in [-0.25, -0.2) is 4.68 Å². The number of aromatic nitrogens is 4. The summed E-state index contributed by atoms with van der Waals surface area (Å²) < 4.78 is 7.41. The van der Waals surface area contributed by atoms with E-state index in [4.69, 9.17) is 4.74 Å². The number of amides is 1. The zero-order chi connectivity index (χ0) is 19.2. The van der Waals surface area contributed by atoms with Gasteiger partial charge in [-0.05, 0) is 53.1 Å². The van der Waals surface area contributed by atoms with Crippen LogP contribution in [0.25, 0.3) is 0 Å². The van der Waals surface area contributed by atoms with Gasteiger partial charge in [0.1, 0.15) is 24.2 Å². The number of nitrogens with zero attached hydrogens (tertiary/aromatic N) is 4. The number of hydrogen-bond donors (Lipinski definition) is 1. The highest BCUT2D eigenvalue weighted by Gasteiger charge is 2.42. The first-order chi connectivity index (χ1) is 13.8. The van der Waals surface area contributed by atoms with Crippen molar-refractivity contribution in [1.29, 1.82) is 0 Å². The SMILES string of the molecule is O=C(Nc1ccc(OCc2ccccc2)cc1)C1(n2cnnn2)CCCCC1. The van der Waals surface area contributed by atoms with Crippen LogP contribution in [-0.2, 0) is 16.9 Å². The minimum absolute atomic E-state index is 0.0718. The molecule has 1 aliphatic rings. The molecule has 0 aliphatic heterocycles. The Kier molecular flexibility index (Phi) is 5.32. The molecule has 1 saturated carbocycles. The van der Waals surface area contributed by atoms with Crippen LogP contribution in [0.1, 0.15) is 37.7 Å². The number of nitrogens with one attached hydrogen (secondary N) is 1. The molecule has 1 amide bonds. The first kappa shape index (κ1) is 18.2. The maximum Gasteiger partial charge on any atom is 0.252 e. The highest BCUT2D eigenvalue weighted by atomic mass is 16.5. The van der Waals surface area contributed by atoms with Crippen LogP contribution in [0.3, 0.4) is 0 Å². The predicted molar refractivity (Wildman–Crippen MR) is 105 cm³/mol. The summed E-state index contributed by atoms with van der Waals surface area (Å²) in [6, 6.07) is 17.4. The molecule has 1 fully saturated rings. The molecular weight excluding hydrogens is 354 g/mol. The molecule has 0 spiro atoms. The molecule has 1 aromatic heterocycles. The molecular formula is C21H23N5O2. The largest absolute Gasteiger partial charge is 0.489 e. The summed E-state index contributed by atoms with van der Waals surface area (Å²) in [6.45, 7) is 0.509. The Morgan fingerprint density at radius 1 is 1.04 bits per heavy atom. The summed E-state index contributed by atoms with van der Waals surface area (Å²) in [5.41, 5.74) is 1.13. The Morgan fingerprint density at radius 2 is 1.79 bits per heavy atom. The molecule has 0 radical (unpaired) electrons. The zero-order valence-electron chi connectivity index (χ0n) is 15.6. The normalized spacial score (nSPS) is 15.7. The second-order valence-electron chi connectivity index (χ2n) is 7.10. The number of carbonyl (C=O) groups excluding carboxylic acids is 1. The summed E-state index contributed by atoms with van der Waals surface area (Å²) >= 11 is 0. The monoisotopic (exact) mass is 377 g/mol. The summed E-state index contributed by atoms with van der Waals surface area (Å²) in [5.74, 6) is 0.687. The molecule has 1 aliphatic carbocycles. The van der Waals surface area contributed by atoms with Gasteiger partial charge in [0.15, 0.2) is 0 Å². The van der Waals surface area contributed by atoms with Gasteiger partial charge in [-0.1, -0.05) is 49.6 Å². The fourth-order valence-corrected chi connectivity index (χ4v) is 3.68. The highest BCUT2D eigenvalue weighted by Crippen LogP contribution is 2.35. The third-order valence-electron chi connectivity index (χ3n) is 5.25. The van der Waals surface area contributed by atoms with Gasteiger partial charge >= 0.3 is 0 Å². The second-order valence-corrected chi connectivity index (χ2v) is 7.10. The van der Waals surface area contributed by atoms with Gasteiger partial charge in [-0.3, -0.25) is 4.79 Å². The smallest absolute Gasteiger partial charge is 0.252 e. The van der Waals surface area contributed by atoms with Gasteiger partial charge in [-0.2, -0.15) is 0 Å². The molecule has 0 saturated heterocycles. The summed E-state index contributed by atoms with van der Waals surface area (Å²) in [6.07, 6.45) is 6.11. The van der Waals surface area contributed by atoms with E-state index in [1.165, 1.54) is 6.33 Å². The van der Waals surface area contributed by atoms with Gasteiger partial charge in [0.05, 0.1) is 0 Å². The Morgan fingerprint density at radius 3 is 2.46 bits per heavy atom. The van der Waals surface area contributed by atoms with Crippen LogP contribution in [0.15, 0.2) is 60.9 Å². The first-order valence-electron chi connectivity index (χ1n) is 9.58. The molecule has 4 rings (SSSR count). The van der Waals surface area contributed by atoms with E-state index in [2.05, 4.69) is 20.8 Å². The predicted octanol–water partition coefficient (Wildman–Crippen LogP) is 3.55.